The van der Waals surface area contributed by atoms with Crippen LogP contribution in [0.3, 0.4) is 0 Å². The highest BCUT2D eigenvalue weighted by Crippen LogP contribution is 2.68. The van der Waals surface area contributed by atoms with E-state index in [0.717, 1.165) is 24.0 Å². The maximum absolute atomic E-state index is 18.0. The normalized spacial score (nSPS) is 26.7. The Balaban J connectivity index is 1.02. The van der Waals surface area contributed by atoms with Crippen LogP contribution in [0.15, 0.2) is 147 Å². The maximum atomic E-state index is 18.0. The number of halogens is 2. The molecule has 5 aliphatic heterocycles. The van der Waals surface area contributed by atoms with Crippen molar-refractivity contribution in [2.45, 2.75) is 60.7 Å². The van der Waals surface area contributed by atoms with E-state index in [1.807, 2.05) is 0 Å². The first-order valence-electron chi connectivity index (χ1n) is 25.6. The van der Waals surface area contributed by atoms with Gasteiger partial charge in [0.2, 0.25) is 5.69 Å². The molecule has 25 nitrogen and oxygen atoms in total. The third kappa shape index (κ3) is 11.3. The van der Waals surface area contributed by atoms with Gasteiger partial charge in [0, 0.05) is 59.0 Å². The zero-order chi connectivity index (χ0) is 58.3. The number of aromatic nitrogens is 8. The molecule has 432 valence electrons. The lowest BCUT2D eigenvalue weighted by Gasteiger charge is -2.32. The minimum atomic E-state index is -4.85. The van der Waals surface area contributed by atoms with E-state index in [1.165, 1.54) is 74.1 Å². The van der Waals surface area contributed by atoms with Crippen LogP contribution in [-0.2, 0) is 55.4 Å². The number of carbonyl (C=O) groups is 2. The van der Waals surface area contributed by atoms with Gasteiger partial charge in [-0.15, -0.1) is 0 Å². The molecule has 4 aromatic carbocycles. The van der Waals surface area contributed by atoms with E-state index in [2.05, 4.69) is 29.9 Å². The molecule has 0 radical (unpaired) electrons. The molecular weight excluding hydrogens is 1200 g/mol. The molecule has 0 aliphatic carbocycles. The van der Waals surface area contributed by atoms with Crippen molar-refractivity contribution in [1.29, 1.82) is 0 Å². The maximum Gasteiger partial charge on any atom is 0.390 e. The summed E-state index contributed by atoms with van der Waals surface area (Å²) in [5, 5.41) is 24.4. The highest BCUT2D eigenvalue weighted by molar-refractivity contribution is 8.67. The molecule has 84 heavy (non-hydrogen) atoms. The summed E-state index contributed by atoms with van der Waals surface area (Å²) in [4.78, 5) is 82.2. The molecule has 1 unspecified atom stereocenters. The zero-order valence-electron chi connectivity index (χ0n) is 43.3. The van der Waals surface area contributed by atoms with Gasteiger partial charge in [-0.3, -0.25) is 57.8 Å². The number of fused-ring (bicyclic) bond motifs is 10. The van der Waals surface area contributed by atoms with Gasteiger partial charge in [-0.25, -0.2) is 43.2 Å². The number of ether oxygens (including phenoxy) is 2. The SMILES string of the molecule is O=C(c1ccccc1)N1C/C=C/CN(C(=O)c2ccccc2)c2ncnc3c2ncn3[C@@H]2OC3CO[P@@](=S)(SCc4ccccc4[N+](=O)[O-])O[C@H]4[C@@H](F)[C@@H](O[C@@H]4CO[P@](=O)(SCc4ccccc4[N+](=O)[O-])O[C@H]3[C@H]2F)n2cnc3c1ncnc32. The van der Waals surface area contributed by atoms with Crippen LogP contribution in [-0.4, -0.2) is 124 Å². The topological polar surface area (TPSA) is 287 Å². The summed E-state index contributed by atoms with van der Waals surface area (Å²) >= 11 is 7.50. The van der Waals surface area contributed by atoms with Gasteiger partial charge in [-0.2, -0.15) is 0 Å². The summed E-state index contributed by atoms with van der Waals surface area (Å²) in [6, 6.07) is 28.2. The van der Waals surface area contributed by atoms with Gasteiger partial charge in [0.15, 0.2) is 58.8 Å². The van der Waals surface area contributed by atoms with Crippen LogP contribution in [0, 0.1) is 20.2 Å². The van der Waals surface area contributed by atoms with Crippen molar-refractivity contribution in [2.24, 2.45) is 0 Å². The zero-order valence-corrected chi connectivity index (χ0v) is 47.5. The van der Waals surface area contributed by atoms with Crippen LogP contribution >= 0.6 is 35.3 Å². The van der Waals surface area contributed by atoms with E-state index < -0.39 is 96.6 Å². The molecule has 3 fully saturated rings. The van der Waals surface area contributed by atoms with Gasteiger partial charge in [-0.1, -0.05) is 96.3 Å². The minimum Gasteiger partial charge on any atom is -0.346 e. The molecule has 14 bridgehead atoms. The third-order valence-electron chi connectivity index (χ3n) is 14.0. The summed E-state index contributed by atoms with van der Waals surface area (Å²) in [6.07, 6.45) is -6.65. The number of nitro benzene ring substituents is 2. The Kier molecular flexibility index (Phi) is 16.3. The Labute approximate surface area is 487 Å². The number of hydrogen-bond donors (Lipinski definition) is 0. The summed E-state index contributed by atoms with van der Waals surface area (Å²) < 4.78 is 92.5. The smallest absolute Gasteiger partial charge is 0.346 e. The van der Waals surface area contributed by atoms with Crippen LogP contribution in [0.25, 0.3) is 22.3 Å². The van der Waals surface area contributed by atoms with Gasteiger partial charge in [0.05, 0.1) is 35.7 Å². The lowest BCUT2D eigenvalue weighted by Crippen LogP contribution is -2.37. The molecule has 0 saturated carbocycles. The Morgan fingerprint density at radius 2 is 1.05 bits per heavy atom. The molecule has 2 amide bonds. The standard InChI is InChI=1S/C52H44F2N12O13P2S3/c53-39-43-38-24-75-81(82,84-26-34-18-8-10-20-36(34)66(71)72)79-44-37(23-74-80(73,78-43)83-25-33-17-7-9-19-35(33)65(69)70)76-52(40(44)54)64-30-60-42-46(56-28-58-48(42)64)62(50(68)32-15-5-2-6-16-32)22-12-11-21-61(49(67)31-13-3-1-4-14-31)45-41-47(57-27-55-45)63(29-59-41)51(39)77-38/h1-20,27-30,37-40,43-44,51-52H,21-26H2/b12-11+/t37-,38?,39-,40-,43-,44-,51-,52-,80+,81-/m1/s1. The number of nitrogens with zero attached hydrogens (tertiary/aromatic N) is 12. The van der Waals surface area contributed by atoms with Crippen molar-refractivity contribution in [1.82, 2.24) is 39.0 Å². The molecule has 0 spiro atoms. The molecule has 9 heterocycles. The first-order valence-corrected chi connectivity index (χ1v) is 33.0. The van der Waals surface area contributed by atoms with Gasteiger partial charge in [0.1, 0.15) is 37.1 Å². The molecule has 3 saturated heterocycles. The number of benzene rings is 4. The number of carbonyl (C=O) groups excluding carboxylic acids is 2. The first kappa shape index (κ1) is 57.1. The van der Waals surface area contributed by atoms with Crippen molar-refractivity contribution in [3.63, 3.8) is 0 Å². The largest absolute Gasteiger partial charge is 0.390 e. The molecule has 5 aliphatic rings. The monoisotopic (exact) mass is 1240 g/mol. The lowest BCUT2D eigenvalue weighted by atomic mass is 10.1. The average molecular weight is 1240 g/mol. The minimum absolute atomic E-state index is 0.00275. The van der Waals surface area contributed by atoms with Crippen molar-refractivity contribution in [3.8, 4) is 0 Å². The van der Waals surface area contributed by atoms with Crippen molar-refractivity contribution >= 4 is 104 Å². The summed E-state index contributed by atoms with van der Waals surface area (Å²) in [6.45, 7) is -6.69. The van der Waals surface area contributed by atoms with Crippen LogP contribution in [0.5, 0.6) is 0 Å². The number of hydrogen-bond acceptors (Lipinski definition) is 22. The Morgan fingerprint density at radius 3 is 1.54 bits per heavy atom. The van der Waals surface area contributed by atoms with E-state index in [1.54, 1.807) is 78.9 Å². The molecule has 10 atom stereocenters. The summed E-state index contributed by atoms with van der Waals surface area (Å²) in [5.74, 6) is -1.64. The number of imidazole rings is 2. The summed E-state index contributed by atoms with van der Waals surface area (Å²) in [7, 11) is 0. The number of rotatable bonds is 10. The molecule has 32 heteroatoms. The number of nitro groups is 2. The van der Waals surface area contributed by atoms with E-state index >= 15 is 13.3 Å². The second kappa shape index (κ2) is 24.0. The molecule has 8 aromatic rings. The van der Waals surface area contributed by atoms with Crippen molar-refractivity contribution < 1.29 is 60.4 Å². The highest BCUT2D eigenvalue weighted by Gasteiger charge is 2.55. The van der Waals surface area contributed by atoms with Crippen LogP contribution in [0.2, 0.25) is 0 Å². The second-order valence-electron chi connectivity index (χ2n) is 19.0. The molecule has 4 aromatic heterocycles. The van der Waals surface area contributed by atoms with E-state index in [9.17, 15) is 29.8 Å². The fraction of sp³-hybridized carbons (Fsp3) is 0.269. The summed E-state index contributed by atoms with van der Waals surface area (Å²) in [5.41, 5.74) is -3.83. The highest BCUT2D eigenvalue weighted by atomic mass is 32.9. The quantitative estimate of drug-likeness (QED) is 0.0532. The van der Waals surface area contributed by atoms with Gasteiger partial charge in [0.25, 0.3) is 23.2 Å². The van der Waals surface area contributed by atoms with Gasteiger partial charge in [-0.05, 0) is 47.5 Å². The Morgan fingerprint density at radius 1 is 0.607 bits per heavy atom. The molecule has 13 rings (SSSR count). The average Bonchev–Trinajstić information content (AvgIpc) is 2.84. The van der Waals surface area contributed by atoms with E-state index in [0.29, 0.717) is 11.4 Å². The fourth-order valence-electron chi connectivity index (χ4n) is 9.91. The van der Waals surface area contributed by atoms with E-state index in [-0.39, 0.29) is 92.2 Å². The van der Waals surface area contributed by atoms with Crippen LogP contribution in [0.1, 0.15) is 44.3 Å². The van der Waals surface area contributed by atoms with Crippen LogP contribution in [0.4, 0.5) is 31.8 Å². The van der Waals surface area contributed by atoms with E-state index in [4.69, 9.17) is 39.4 Å². The van der Waals surface area contributed by atoms with Gasteiger partial charge >= 0.3 is 6.80 Å². The number of anilines is 2. The second-order valence-corrected chi connectivity index (χ2v) is 29.3. The third-order valence-corrected chi connectivity index (χ3v) is 22.8. The predicted octanol–water partition coefficient (Wildman–Crippen LogP) is 9.83. The van der Waals surface area contributed by atoms with Crippen molar-refractivity contribution in [2.75, 3.05) is 36.1 Å². The lowest BCUT2D eigenvalue weighted by molar-refractivity contribution is -0.385. The number of amides is 2. The predicted molar refractivity (Wildman–Crippen MR) is 306 cm³/mol. The first-order chi connectivity index (χ1) is 40.7. The van der Waals surface area contributed by atoms with Gasteiger partial charge < -0.3 is 18.5 Å². The number of para-hydroxylation sites is 2. The molecular formula is C52H44F2N12O13P2S3. The van der Waals surface area contributed by atoms with Crippen LogP contribution < -0.4 is 9.80 Å². The Hall–Kier alpha value is -7.34. The number of alkyl halides is 2. The molecule has 0 N–H and O–H groups in total. The van der Waals surface area contributed by atoms with Crippen molar-refractivity contribution in [3.05, 3.63) is 189 Å². The Bertz CT molecular complexity index is 3720. The fourth-order valence-corrected chi connectivity index (χ4v) is 17.7.